The summed E-state index contributed by atoms with van der Waals surface area (Å²) >= 11 is 1.38. The molecule has 0 heterocycles. The van der Waals surface area contributed by atoms with E-state index in [0.29, 0.717) is 0 Å². The first-order valence-electron chi connectivity index (χ1n) is 2.33. The molecule has 0 saturated heterocycles. The van der Waals surface area contributed by atoms with Crippen molar-refractivity contribution in [3.05, 3.63) is 33.2 Å². The molecule has 4 heteroatoms. The predicted octanol–water partition coefficient (Wildman–Crippen LogP) is 2.51. The second-order valence-electron chi connectivity index (χ2n) is 1.58. The number of hydrogen-bond acceptors (Lipinski definition) is 0. The molecule has 0 aliphatic rings. The summed E-state index contributed by atoms with van der Waals surface area (Å²) in [6.07, 6.45) is 0. The van der Waals surface area contributed by atoms with Crippen LogP contribution in [0.25, 0.3) is 0 Å². The summed E-state index contributed by atoms with van der Waals surface area (Å²) < 4.78 is 36.5. The summed E-state index contributed by atoms with van der Waals surface area (Å²) in [5.74, 6) is -3.12. The predicted molar refractivity (Wildman–Crippen MR) is 37.9 cm³/mol. The van der Waals surface area contributed by atoms with Crippen LogP contribution in [0.2, 0.25) is 0 Å². The fourth-order valence-electron chi connectivity index (χ4n) is 0.455. The maximum Gasteiger partial charge on any atom is 0.175 e. The lowest BCUT2D eigenvalue weighted by Gasteiger charge is -1.94. The van der Waals surface area contributed by atoms with Gasteiger partial charge in [-0.1, -0.05) is 0 Å². The van der Waals surface area contributed by atoms with Gasteiger partial charge in [0.15, 0.2) is 11.6 Å². The quantitative estimate of drug-likeness (QED) is 0.380. The number of hydrogen-bond donors (Lipinski definition) is 0. The molecule has 1 aromatic carbocycles. The van der Waals surface area contributed by atoms with Gasteiger partial charge in [-0.05, 0) is 28.7 Å². The molecule has 0 unspecified atom stereocenters. The van der Waals surface area contributed by atoms with Crippen molar-refractivity contribution in [3.8, 4) is 0 Å². The van der Waals surface area contributed by atoms with E-state index >= 15 is 0 Å². The Bertz CT molecular complexity index is 232. The van der Waals surface area contributed by atoms with Gasteiger partial charge in [0, 0.05) is 6.07 Å². The van der Waals surface area contributed by atoms with E-state index < -0.39 is 17.5 Å². The summed E-state index contributed by atoms with van der Waals surface area (Å²) in [4.78, 5) is 0. The van der Waals surface area contributed by atoms with Crippen molar-refractivity contribution in [2.45, 2.75) is 0 Å². The minimum absolute atomic E-state index is 0.339. The van der Waals surface area contributed by atoms with Crippen LogP contribution in [-0.2, 0) is 0 Å². The second kappa shape index (κ2) is 2.77. The van der Waals surface area contributed by atoms with Crippen molar-refractivity contribution in [1.29, 1.82) is 0 Å². The van der Waals surface area contributed by atoms with Crippen molar-refractivity contribution >= 4 is 22.6 Å². The summed E-state index contributed by atoms with van der Waals surface area (Å²) in [5, 5.41) is 0. The maximum absolute atomic E-state index is 12.3. The summed E-state index contributed by atoms with van der Waals surface area (Å²) in [7, 11) is 0. The molecule has 0 fully saturated rings. The Kier molecular flexibility index (Phi) is 2.18. The van der Waals surface area contributed by atoms with Gasteiger partial charge in [-0.15, -0.1) is 0 Å². The molecule has 1 aromatic rings. The standard InChI is InChI=1S/C6HF3I/c7-3-1-2-4(8)6(10)5(3)9/h2H. The van der Waals surface area contributed by atoms with E-state index in [1.165, 1.54) is 22.6 Å². The first-order chi connectivity index (χ1) is 4.63. The zero-order chi connectivity index (χ0) is 7.72. The third-order valence-corrected chi connectivity index (χ3v) is 1.91. The van der Waals surface area contributed by atoms with Gasteiger partial charge in [-0.2, -0.15) is 0 Å². The zero-order valence-corrected chi connectivity index (χ0v) is 6.75. The Balaban J connectivity index is 3.34. The lowest BCUT2D eigenvalue weighted by molar-refractivity contribution is 0.485. The molecule has 0 N–H and O–H groups in total. The molecule has 1 rings (SSSR count). The third kappa shape index (κ3) is 1.25. The van der Waals surface area contributed by atoms with Crippen molar-refractivity contribution in [3.63, 3.8) is 0 Å². The highest BCUT2D eigenvalue weighted by Crippen LogP contribution is 2.16. The van der Waals surface area contributed by atoms with Crippen molar-refractivity contribution in [2.75, 3.05) is 0 Å². The van der Waals surface area contributed by atoms with Crippen LogP contribution in [0.15, 0.2) is 6.07 Å². The lowest BCUT2D eigenvalue weighted by atomic mass is 10.3. The highest BCUT2D eigenvalue weighted by atomic mass is 127. The minimum atomic E-state index is -1.18. The van der Waals surface area contributed by atoms with Gasteiger partial charge in [0.05, 0.1) is 3.57 Å². The van der Waals surface area contributed by atoms with Crippen LogP contribution in [0.4, 0.5) is 13.2 Å². The molecule has 0 aliphatic carbocycles. The van der Waals surface area contributed by atoms with E-state index in [0.717, 1.165) is 6.07 Å². The normalized spacial score (nSPS) is 10.0. The molecule has 0 atom stereocenters. The van der Waals surface area contributed by atoms with Crippen LogP contribution in [0.1, 0.15) is 0 Å². The molecular formula is C6HF3I. The van der Waals surface area contributed by atoms with Gasteiger partial charge in [0.25, 0.3) is 0 Å². The van der Waals surface area contributed by atoms with E-state index in [-0.39, 0.29) is 3.57 Å². The van der Waals surface area contributed by atoms with E-state index in [1.54, 1.807) is 6.07 Å². The Labute approximate surface area is 69.2 Å². The highest BCUT2D eigenvalue weighted by molar-refractivity contribution is 14.1. The summed E-state index contributed by atoms with van der Waals surface area (Å²) in [5.41, 5.74) is 0. The van der Waals surface area contributed by atoms with Crippen molar-refractivity contribution in [1.82, 2.24) is 0 Å². The molecule has 0 bridgehead atoms. The van der Waals surface area contributed by atoms with E-state index in [2.05, 4.69) is 0 Å². The molecule has 10 heavy (non-hydrogen) atoms. The highest BCUT2D eigenvalue weighted by Gasteiger charge is 2.09. The fraction of sp³-hybridized carbons (Fsp3) is 0. The molecular weight excluding hydrogens is 256 g/mol. The van der Waals surface area contributed by atoms with Gasteiger partial charge >= 0.3 is 0 Å². The average Bonchev–Trinajstić information content (AvgIpc) is 1.93. The van der Waals surface area contributed by atoms with Crippen LogP contribution in [0.3, 0.4) is 0 Å². The van der Waals surface area contributed by atoms with E-state index in [4.69, 9.17) is 0 Å². The topological polar surface area (TPSA) is 0 Å². The molecule has 0 aromatic heterocycles. The molecule has 0 amide bonds. The minimum Gasteiger partial charge on any atom is -0.206 e. The summed E-state index contributed by atoms with van der Waals surface area (Å²) in [6.45, 7) is 0. The monoisotopic (exact) mass is 257 g/mol. The molecule has 0 saturated carbocycles. The third-order valence-electron chi connectivity index (χ3n) is 0.921. The van der Waals surface area contributed by atoms with Crippen molar-refractivity contribution < 1.29 is 13.2 Å². The van der Waals surface area contributed by atoms with Crippen LogP contribution in [-0.4, -0.2) is 0 Å². The Morgan fingerprint density at radius 2 is 1.90 bits per heavy atom. The Morgan fingerprint density at radius 3 is 2.40 bits per heavy atom. The van der Waals surface area contributed by atoms with Gasteiger partial charge < -0.3 is 0 Å². The van der Waals surface area contributed by atoms with Crippen LogP contribution in [0.5, 0.6) is 0 Å². The summed E-state index contributed by atoms with van der Waals surface area (Å²) in [6, 6.07) is 2.55. The van der Waals surface area contributed by atoms with Crippen LogP contribution < -0.4 is 0 Å². The SMILES string of the molecule is Fc1[c]cc(F)c(I)c1F. The number of halogens is 4. The number of rotatable bonds is 0. The maximum atomic E-state index is 12.3. The molecule has 0 spiro atoms. The Morgan fingerprint density at radius 1 is 1.30 bits per heavy atom. The molecule has 1 radical (unpaired) electrons. The smallest absolute Gasteiger partial charge is 0.175 e. The Hall–Kier alpha value is -0.260. The first kappa shape index (κ1) is 7.84. The van der Waals surface area contributed by atoms with E-state index in [1.807, 2.05) is 0 Å². The van der Waals surface area contributed by atoms with E-state index in [9.17, 15) is 13.2 Å². The van der Waals surface area contributed by atoms with Gasteiger partial charge in [-0.25, -0.2) is 13.2 Å². The van der Waals surface area contributed by atoms with Gasteiger partial charge in [0.2, 0.25) is 0 Å². The van der Waals surface area contributed by atoms with Crippen molar-refractivity contribution in [2.24, 2.45) is 0 Å². The molecule has 0 aliphatic heterocycles. The van der Waals surface area contributed by atoms with Gasteiger partial charge in [0.1, 0.15) is 5.82 Å². The second-order valence-corrected chi connectivity index (χ2v) is 2.66. The molecule has 53 valence electrons. The first-order valence-corrected chi connectivity index (χ1v) is 3.41. The van der Waals surface area contributed by atoms with Crippen LogP contribution in [0, 0.1) is 27.1 Å². The average molecular weight is 257 g/mol. The largest absolute Gasteiger partial charge is 0.206 e. The van der Waals surface area contributed by atoms with Gasteiger partial charge in [-0.3, -0.25) is 0 Å². The number of benzene rings is 1. The molecule has 0 nitrogen and oxygen atoms in total. The zero-order valence-electron chi connectivity index (χ0n) is 4.59. The van der Waals surface area contributed by atoms with Crippen LogP contribution >= 0.6 is 22.6 Å². The fourth-order valence-corrected chi connectivity index (χ4v) is 0.847. The lowest BCUT2D eigenvalue weighted by Crippen LogP contribution is -1.92.